The Hall–Kier alpha value is -3.22. The average Bonchev–Trinajstić information content (AvgIpc) is 3.03. The van der Waals surface area contributed by atoms with Crippen LogP contribution in [0.2, 0.25) is 0 Å². The number of benzene rings is 2. The van der Waals surface area contributed by atoms with Gasteiger partial charge in [0.15, 0.2) is 0 Å². The molecule has 1 aromatic heterocycles. The number of fused-ring (bicyclic) bond motifs is 1. The van der Waals surface area contributed by atoms with Gasteiger partial charge in [0.2, 0.25) is 0 Å². The lowest BCUT2D eigenvalue weighted by atomic mass is 10.0. The van der Waals surface area contributed by atoms with Crippen LogP contribution >= 0.6 is 0 Å². The second kappa shape index (κ2) is 6.49. The maximum Gasteiger partial charge on any atom is 0.305 e. The quantitative estimate of drug-likeness (QED) is 0.671. The zero-order chi connectivity index (χ0) is 17.1. The van der Waals surface area contributed by atoms with Crippen LogP contribution in [-0.4, -0.2) is 27.2 Å². The first-order chi connectivity index (χ1) is 11.5. The Morgan fingerprint density at radius 3 is 2.67 bits per heavy atom. The van der Waals surface area contributed by atoms with Gasteiger partial charge in [-0.05, 0) is 23.8 Å². The predicted octanol–water partition coefficient (Wildman–Crippen LogP) is 2.65. The van der Waals surface area contributed by atoms with Crippen molar-refractivity contribution in [3.8, 4) is 0 Å². The van der Waals surface area contributed by atoms with Crippen molar-refractivity contribution in [3.05, 3.63) is 65.6 Å². The van der Waals surface area contributed by atoms with Gasteiger partial charge < -0.3 is 10.4 Å². The minimum Gasteiger partial charge on any atom is -0.481 e. The molecule has 0 unspecified atom stereocenters. The zero-order valence-corrected chi connectivity index (χ0v) is 12.5. The molecule has 0 saturated heterocycles. The lowest BCUT2D eigenvalue weighted by molar-refractivity contribution is -0.137. The van der Waals surface area contributed by atoms with Gasteiger partial charge in [-0.3, -0.25) is 14.7 Å². The van der Waals surface area contributed by atoms with Crippen molar-refractivity contribution in [3.63, 3.8) is 0 Å². The maximum absolute atomic E-state index is 13.1. The number of H-pyrrole nitrogens is 1. The molecule has 0 spiro atoms. The number of carboxylic acids is 1. The van der Waals surface area contributed by atoms with Crippen molar-refractivity contribution >= 4 is 22.8 Å². The number of carbonyl (C=O) groups is 2. The van der Waals surface area contributed by atoms with E-state index in [0.29, 0.717) is 16.6 Å². The van der Waals surface area contributed by atoms with Crippen LogP contribution < -0.4 is 5.32 Å². The largest absolute Gasteiger partial charge is 0.481 e. The van der Waals surface area contributed by atoms with Crippen LogP contribution in [0.25, 0.3) is 10.9 Å². The normalized spacial score (nSPS) is 12.0. The van der Waals surface area contributed by atoms with E-state index in [1.54, 1.807) is 18.3 Å². The summed E-state index contributed by atoms with van der Waals surface area (Å²) in [6.07, 6.45) is 1.29. The summed E-state index contributed by atoms with van der Waals surface area (Å²) in [6.45, 7) is 0. The van der Waals surface area contributed by atoms with E-state index in [2.05, 4.69) is 15.5 Å². The number of aromatic amines is 1. The van der Waals surface area contributed by atoms with E-state index in [1.807, 2.05) is 6.07 Å². The molecular formula is C17H14FN3O3. The van der Waals surface area contributed by atoms with Crippen LogP contribution in [-0.2, 0) is 4.79 Å². The minimum absolute atomic E-state index is 0.309. The highest BCUT2D eigenvalue weighted by molar-refractivity contribution is 6.05. The monoisotopic (exact) mass is 327 g/mol. The molecule has 0 aliphatic heterocycles. The summed E-state index contributed by atoms with van der Waals surface area (Å²) in [6, 6.07) is 9.76. The Morgan fingerprint density at radius 2 is 1.96 bits per heavy atom. The number of hydrogen-bond acceptors (Lipinski definition) is 3. The van der Waals surface area contributed by atoms with Gasteiger partial charge in [-0.25, -0.2) is 4.39 Å². The zero-order valence-electron chi connectivity index (χ0n) is 12.5. The highest BCUT2D eigenvalue weighted by atomic mass is 19.1. The summed E-state index contributed by atoms with van der Waals surface area (Å²) in [5, 5.41) is 19.2. The summed E-state index contributed by atoms with van der Waals surface area (Å²) in [7, 11) is 0. The van der Waals surface area contributed by atoms with Gasteiger partial charge in [-0.1, -0.05) is 24.3 Å². The van der Waals surface area contributed by atoms with Crippen molar-refractivity contribution < 1.29 is 19.1 Å². The number of hydrogen-bond donors (Lipinski definition) is 3. The number of nitrogens with zero attached hydrogens (tertiary/aromatic N) is 1. The number of para-hydroxylation sites is 1. The smallest absolute Gasteiger partial charge is 0.305 e. The molecule has 3 N–H and O–H groups in total. The van der Waals surface area contributed by atoms with E-state index in [-0.39, 0.29) is 6.42 Å². The molecule has 0 bridgehead atoms. The molecule has 0 fully saturated rings. The highest BCUT2D eigenvalue weighted by Gasteiger charge is 2.20. The molecule has 0 radical (unpaired) electrons. The van der Waals surface area contributed by atoms with Crippen molar-refractivity contribution in [2.45, 2.75) is 12.5 Å². The molecule has 24 heavy (non-hydrogen) atoms. The first-order valence-electron chi connectivity index (χ1n) is 7.25. The standard InChI is InChI=1S/C17H14FN3O3/c18-12-6-4-10(5-7-12)14(8-15(22)23)20-17(24)13-3-1-2-11-9-19-21-16(11)13/h1-7,9,14H,8H2,(H,19,21)(H,20,24)(H,22,23)/t14-/m1/s1. The lowest BCUT2D eigenvalue weighted by Gasteiger charge is -2.17. The van der Waals surface area contributed by atoms with Crippen molar-refractivity contribution in [1.82, 2.24) is 15.5 Å². The molecule has 0 aliphatic rings. The molecule has 122 valence electrons. The maximum atomic E-state index is 13.1. The number of halogens is 1. The number of aliphatic carboxylic acids is 1. The van der Waals surface area contributed by atoms with E-state index in [4.69, 9.17) is 5.11 Å². The Balaban J connectivity index is 1.89. The third-order valence-corrected chi connectivity index (χ3v) is 3.68. The molecule has 2 aromatic carbocycles. The molecular weight excluding hydrogens is 313 g/mol. The molecule has 0 aliphatic carbocycles. The topological polar surface area (TPSA) is 95.1 Å². The second-order valence-electron chi connectivity index (χ2n) is 5.32. The van der Waals surface area contributed by atoms with Crippen LogP contribution in [0.3, 0.4) is 0 Å². The highest BCUT2D eigenvalue weighted by Crippen LogP contribution is 2.20. The molecule has 3 rings (SSSR count). The van der Waals surface area contributed by atoms with E-state index in [9.17, 15) is 14.0 Å². The van der Waals surface area contributed by atoms with Crippen LogP contribution in [0, 0.1) is 5.82 Å². The number of aromatic nitrogens is 2. The van der Waals surface area contributed by atoms with E-state index >= 15 is 0 Å². The van der Waals surface area contributed by atoms with Crippen LogP contribution in [0.5, 0.6) is 0 Å². The van der Waals surface area contributed by atoms with Gasteiger partial charge in [0.25, 0.3) is 5.91 Å². The Morgan fingerprint density at radius 1 is 1.21 bits per heavy atom. The lowest BCUT2D eigenvalue weighted by Crippen LogP contribution is -2.30. The molecule has 3 aromatic rings. The third kappa shape index (κ3) is 3.24. The van der Waals surface area contributed by atoms with E-state index < -0.39 is 23.7 Å². The molecule has 0 saturated carbocycles. The molecule has 1 amide bonds. The fraction of sp³-hybridized carbons (Fsp3) is 0.118. The van der Waals surface area contributed by atoms with Gasteiger partial charge in [0.05, 0.1) is 29.7 Å². The van der Waals surface area contributed by atoms with Crippen LogP contribution in [0.1, 0.15) is 28.4 Å². The number of amides is 1. The minimum atomic E-state index is -1.07. The summed E-state index contributed by atoms with van der Waals surface area (Å²) in [5.41, 5.74) is 1.45. The van der Waals surface area contributed by atoms with Crippen molar-refractivity contribution in [2.75, 3.05) is 0 Å². The van der Waals surface area contributed by atoms with Gasteiger partial charge in [0, 0.05) is 5.39 Å². The van der Waals surface area contributed by atoms with E-state index in [1.165, 1.54) is 24.3 Å². The number of carboxylic acid groups (broad SMARTS) is 1. The van der Waals surface area contributed by atoms with Gasteiger partial charge >= 0.3 is 5.97 Å². The molecule has 1 atom stereocenters. The Kier molecular flexibility index (Phi) is 4.24. The predicted molar refractivity (Wildman–Crippen MR) is 85.0 cm³/mol. The van der Waals surface area contributed by atoms with Gasteiger partial charge in [0.1, 0.15) is 5.82 Å². The molecule has 1 heterocycles. The van der Waals surface area contributed by atoms with Crippen molar-refractivity contribution in [2.24, 2.45) is 0 Å². The summed E-state index contributed by atoms with van der Waals surface area (Å²) < 4.78 is 13.1. The van der Waals surface area contributed by atoms with E-state index in [0.717, 1.165) is 5.39 Å². The summed E-state index contributed by atoms with van der Waals surface area (Å²) in [5.74, 6) is -1.92. The van der Waals surface area contributed by atoms with Gasteiger partial charge in [-0.2, -0.15) is 5.10 Å². The average molecular weight is 327 g/mol. The SMILES string of the molecule is O=C(O)C[C@@H](NC(=O)c1cccc2cn[nH]c12)c1ccc(F)cc1. The first-order valence-corrected chi connectivity index (χ1v) is 7.25. The Bertz CT molecular complexity index is 889. The van der Waals surface area contributed by atoms with Crippen LogP contribution in [0.15, 0.2) is 48.7 Å². The van der Waals surface area contributed by atoms with Crippen LogP contribution in [0.4, 0.5) is 4.39 Å². The summed E-state index contributed by atoms with van der Waals surface area (Å²) >= 11 is 0. The molecule has 6 nitrogen and oxygen atoms in total. The second-order valence-corrected chi connectivity index (χ2v) is 5.32. The van der Waals surface area contributed by atoms with Gasteiger partial charge in [-0.15, -0.1) is 0 Å². The summed E-state index contributed by atoms with van der Waals surface area (Å²) in [4.78, 5) is 23.7. The van der Waals surface area contributed by atoms with Crippen molar-refractivity contribution in [1.29, 1.82) is 0 Å². The fourth-order valence-electron chi connectivity index (χ4n) is 2.52. The first kappa shape index (κ1) is 15.7. The number of nitrogens with one attached hydrogen (secondary N) is 2. The number of carbonyl (C=O) groups excluding carboxylic acids is 1. The fourth-order valence-corrected chi connectivity index (χ4v) is 2.52. The molecule has 7 heteroatoms. The number of rotatable bonds is 5. The Labute approximate surface area is 136 Å². The third-order valence-electron chi connectivity index (χ3n) is 3.68.